The van der Waals surface area contributed by atoms with Gasteiger partial charge in [0.25, 0.3) is 0 Å². The summed E-state index contributed by atoms with van der Waals surface area (Å²) in [5, 5.41) is 1.13. The van der Waals surface area contributed by atoms with Gasteiger partial charge in [-0.05, 0) is 43.4 Å². The predicted molar refractivity (Wildman–Crippen MR) is 86.5 cm³/mol. The van der Waals surface area contributed by atoms with Gasteiger partial charge in [0.1, 0.15) is 17.1 Å². The Kier molecular flexibility index (Phi) is 4.25. The number of nitrogen functional groups attached to an aromatic ring is 1. The quantitative estimate of drug-likeness (QED) is 0.659. The number of rotatable bonds is 4. The van der Waals surface area contributed by atoms with Crippen LogP contribution >= 0.6 is 0 Å². The highest BCUT2D eigenvalue weighted by molar-refractivity contribution is 5.87. The molecule has 4 nitrogen and oxygen atoms in total. The first-order valence-electron chi connectivity index (χ1n) is 7.86. The van der Waals surface area contributed by atoms with Gasteiger partial charge in [-0.1, -0.05) is 31.4 Å². The molecule has 3 N–H and O–H groups in total. The van der Waals surface area contributed by atoms with Crippen LogP contribution in [0, 0.1) is 0 Å². The van der Waals surface area contributed by atoms with Crippen molar-refractivity contribution >= 4 is 16.7 Å². The molecule has 0 unspecified atom stereocenters. The van der Waals surface area contributed by atoms with E-state index in [9.17, 15) is 0 Å². The molecular weight excluding hydrogens is 262 g/mol. The summed E-state index contributed by atoms with van der Waals surface area (Å²) < 4.78 is 5.67. The van der Waals surface area contributed by atoms with Gasteiger partial charge in [0.05, 0.1) is 6.61 Å². The number of nitrogens with one attached hydrogen (secondary N) is 1. The lowest BCUT2D eigenvalue weighted by atomic mass is 9.84. The van der Waals surface area contributed by atoms with E-state index in [1.807, 2.05) is 19.1 Å². The summed E-state index contributed by atoms with van der Waals surface area (Å²) in [4.78, 5) is 4.73. The number of anilines is 1. The minimum absolute atomic E-state index is 0.567. The Balaban J connectivity index is 2.08. The zero-order chi connectivity index (χ0) is 14.7. The van der Waals surface area contributed by atoms with Gasteiger partial charge in [-0.2, -0.15) is 0 Å². The summed E-state index contributed by atoms with van der Waals surface area (Å²) in [6, 6.07) is 8.31. The van der Waals surface area contributed by atoms with Crippen LogP contribution in [0.15, 0.2) is 24.3 Å². The molecule has 112 valence electrons. The Morgan fingerprint density at radius 2 is 2.10 bits per heavy atom. The lowest BCUT2D eigenvalue weighted by Gasteiger charge is -2.24. The van der Waals surface area contributed by atoms with Crippen LogP contribution in [0.4, 0.5) is 5.82 Å². The van der Waals surface area contributed by atoms with Crippen molar-refractivity contribution in [3.63, 3.8) is 0 Å². The first-order chi connectivity index (χ1) is 10.3. The van der Waals surface area contributed by atoms with E-state index < -0.39 is 0 Å². The average molecular weight is 285 g/mol. The number of hydrogen-bond donors (Lipinski definition) is 2. The highest BCUT2D eigenvalue weighted by Crippen LogP contribution is 2.38. The molecule has 1 aliphatic carbocycles. The van der Waals surface area contributed by atoms with E-state index >= 15 is 0 Å². The molecule has 1 heterocycles. The highest BCUT2D eigenvalue weighted by Gasteiger charge is 2.20. The molecule has 21 heavy (non-hydrogen) atoms. The zero-order valence-electron chi connectivity index (χ0n) is 12.6. The number of aromatic nitrogens is 1. The molecule has 3 rings (SSSR count). The molecule has 1 fully saturated rings. The number of pyridine rings is 1. The molecule has 0 bridgehead atoms. The van der Waals surface area contributed by atoms with Gasteiger partial charge in [-0.3, -0.25) is 0 Å². The maximum Gasteiger partial charge on any atom is 0.145 e. The first kappa shape index (κ1) is 14.1. The number of fused-ring (bicyclic) bond motifs is 1. The predicted octanol–water partition coefficient (Wildman–Crippen LogP) is 3.97. The van der Waals surface area contributed by atoms with E-state index in [-0.39, 0.29) is 0 Å². The number of hydrogen-bond acceptors (Lipinski definition) is 4. The molecule has 0 spiro atoms. The highest BCUT2D eigenvalue weighted by atomic mass is 16.5. The number of hydrazine groups is 1. The van der Waals surface area contributed by atoms with Crippen molar-refractivity contribution in [2.24, 2.45) is 5.84 Å². The lowest BCUT2D eigenvalue weighted by Crippen LogP contribution is -2.15. The molecule has 2 aromatic rings. The number of nitrogens with zero attached hydrogens (tertiary/aromatic N) is 1. The molecule has 1 aliphatic rings. The third-order valence-corrected chi connectivity index (χ3v) is 4.32. The normalized spacial score (nSPS) is 16.1. The Morgan fingerprint density at radius 1 is 1.29 bits per heavy atom. The number of ether oxygens (including phenoxy) is 1. The van der Waals surface area contributed by atoms with E-state index in [0.29, 0.717) is 12.5 Å². The van der Waals surface area contributed by atoms with Crippen LogP contribution < -0.4 is 16.0 Å². The van der Waals surface area contributed by atoms with Crippen LogP contribution in [0.25, 0.3) is 10.9 Å². The van der Waals surface area contributed by atoms with E-state index in [1.165, 1.54) is 37.7 Å². The molecule has 4 heteroatoms. The maximum absolute atomic E-state index is 5.72. The van der Waals surface area contributed by atoms with Gasteiger partial charge < -0.3 is 10.2 Å². The van der Waals surface area contributed by atoms with Gasteiger partial charge in [-0.25, -0.2) is 10.8 Å². The molecule has 0 saturated heterocycles. The topological polar surface area (TPSA) is 60.2 Å². The smallest absolute Gasteiger partial charge is 0.145 e. The second kappa shape index (κ2) is 6.31. The van der Waals surface area contributed by atoms with Gasteiger partial charge in [-0.15, -0.1) is 0 Å². The van der Waals surface area contributed by atoms with E-state index in [0.717, 1.165) is 22.5 Å². The minimum Gasteiger partial charge on any atom is -0.492 e. The molecule has 1 saturated carbocycles. The number of benzene rings is 1. The molecule has 1 aromatic carbocycles. The molecule has 0 radical (unpaired) electrons. The SMILES string of the molecule is CCOc1cccc2cc(C3CCCCC3)c(NN)nc12. The second-order valence-electron chi connectivity index (χ2n) is 5.67. The van der Waals surface area contributed by atoms with Crippen LogP contribution in [0.1, 0.15) is 50.5 Å². The van der Waals surface area contributed by atoms with Crippen molar-refractivity contribution in [2.75, 3.05) is 12.0 Å². The van der Waals surface area contributed by atoms with Crippen molar-refractivity contribution in [2.45, 2.75) is 44.9 Å². The van der Waals surface area contributed by atoms with Crippen LogP contribution in [-0.2, 0) is 0 Å². The Labute approximate surface area is 125 Å². The molecule has 0 aliphatic heterocycles. The lowest BCUT2D eigenvalue weighted by molar-refractivity contribution is 0.343. The summed E-state index contributed by atoms with van der Waals surface area (Å²) in [5.41, 5.74) is 4.92. The average Bonchev–Trinajstić information content (AvgIpc) is 2.55. The van der Waals surface area contributed by atoms with Crippen LogP contribution in [0.2, 0.25) is 0 Å². The van der Waals surface area contributed by atoms with Crippen LogP contribution in [-0.4, -0.2) is 11.6 Å². The maximum atomic E-state index is 5.72. The summed E-state index contributed by atoms with van der Waals surface area (Å²) in [6.07, 6.45) is 6.40. The zero-order valence-corrected chi connectivity index (χ0v) is 12.6. The summed E-state index contributed by atoms with van der Waals surface area (Å²) in [5.74, 6) is 7.90. The summed E-state index contributed by atoms with van der Waals surface area (Å²) in [6.45, 7) is 2.62. The third kappa shape index (κ3) is 2.81. The van der Waals surface area contributed by atoms with Crippen molar-refractivity contribution in [3.05, 3.63) is 29.8 Å². The number of para-hydroxylation sites is 1. The van der Waals surface area contributed by atoms with E-state index in [2.05, 4.69) is 17.6 Å². The fraction of sp³-hybridized carbons (Fsp3) is 0.471. The standard InChI is InChI=1S/C17H23N3O/c1-2-21-15-10-6-9-13-11-14(12-7-4-3-5-8-12)17(20-18)19-16(13)15/h6,9-12H,2-5,7-8,18H2,1H3,(H,19,20). The molecule has 1 aromatic heterocycles. The van der Waals surface area contributed by atoms with Crippen molar-refractivity contribution in [3.8, 4) is 5.75 Å². The molecular formula is C17H23N3O. The van der Waals surface area contributed by atoms with E-state index in [1.54, 1.807) is 0 Å². The summed E-state index contributed by atoms with van der Waals surface area (Å²) >= 11 is 0. The van der Waals surface area contributed by atoms with Crippen molar-refractivity contribution in [1.82, 2.24) is 4.98 Å². The van der Waals surface area contributed by atoms with Gasteiger partial charge in [0.15, 0.2) is 0 Å². The van der Waals surface area contributed by atoms with E-state index in [4.69, 9.17) is 15.6 Å². The second-order valence-corrected chi connectivity index (χ2v) is 5.67. The largest absolute Gasteiger partial charge is 0.492 e. The van der Waals surface area contributed by atoms with Crippen LogP contribution in [0.3, 0.4) is 0 Å². The van der Waals surface area contributed by atoms with Gasteiger partial charge in [0.2, 0.25) is 0 Å². The fourth-order valence-electron chi connectivity index (χ4n) is 3.30. The fourth-order valence-corrected chi connectivity index (χ4v) is 3.30. The first-order valence-corrected chi connectivity index (χ1v) is 7.86. The Morgan fingerprint density at radius 3 is 2.81 bits per heavy atom. The van der Waals surface area contributed by atoms with Gasteiger partial charge in [0, 0.05) is 5.39 Å². The monoisotopic (exact) mass is 285 g/mol. The summed E-state index contributed by atoms with van der Waals surface area (Å²) in [7, 11) is 0. The Bertz CT molecular complexity index is 621. The van der Waals surface area contributed by atoms with Crippen molar-refractivity contribution in [1.29, 1.82) is 0 Å². The van der Waals surface area contributed by atoms with Crippen molar-refractivity contribution < 1.29 is 4.74 Å². The third-order valence-electron chi connectivity index (χ3n) is 4.32. The number of nitrogens with two attached hydrogens (primary N) is 1. The molecule has 0 atom stereocenters. The van der Waals surface area contributed by atoms with Crippen LogP contribution in [0.5, 0.6) is 5.75 Å². The minimum atomic E-state index is 0.567. The molecule has 0 amide bonds. The Hall–Kier alpha value is -1.81. The van der Waals surface area contributed by atoms with Gasteiger partial charge >= 0.3 is 0 Å².